The molecule has 5 nitrogen and oxygen atoms in total. The van der Waals surface area contributed by atoms with Gasteiger partial charge < -0.3 is 14.2 Å². The van der Waals surface area contributed by atoms with Crippen LogP contribution in [0.2, 0.25) is 0 Å². The lowest BCUT2D eigenvalue weighted by molar-refractivity contribution is -0.143. The van der Waals surface area contributed by atoms with Gasteiger partial charge in [0.15, 0.2) is 0 Å². The average Bonchev–Trinajstić information content (AvgIpc) is 2.56. The maximum absolute atomic E-state index is 11.6. The van der Waals surface area contributed by atoms with Crippen LogP contribution in [0.1, 0.15) is 18.4 Å². The molecule has 5 heteroatoms. The highest BCUT2D eigenvalue weighted by Crippen LogP contribution is 2.15. The summed E-state index contributed by atoms with van der Waals surface area (Å²) in [5.74, 6) is 0.650. The maximum atomic E-state index is 11.6. The van der Waals surface area contributed by atoms with Gasteiger partial charge in [-0.15, -0.1) is 0 Å². The van der Waals surface area contributed by atoms with E-state index < -0.39 is 0 Å². The minimum atomic E-state index is -0.207. The van der Waals surface area contributed by atoms with Crippen LogP contribution in [0.25, 0.3) is 0 Å². The van der Waals surface area contributed by atoms with Gasteiger partial charge in [0.1, 0.15) is 12.4 Å². The molecule has 0 amide bonds. The van der Waals surface area contributed by atoms with E-state index >= 15 is 0 Å². The van der Waals surface area contributed by atoms with E-state index in [0.29, 0.717) is 25.7 Å². The van der Waals surface area contributed by atoms with Gasteiger partial charge in [0.2, 0.25) is 0 Å². The number of ether oxygens (including phenoxy) is 3. The van der Waals surface area contributed by atoms with Crippen molar-refractivity contribution in [2.45, 2.75) is 25.8 Å². The number of hydrogen-bond donors (Lipinski definition) is 0. The van der Waals surface area contributed by atoms with Gasteiger partial charge in [0.05, 0.1) is 13.7 Å². The molecule has 1 fully saturated rings. The van der Waals surface area contributed by atoms with Crippen LogP contribution < -0.4 is 4.74 Å². The minimum absolute atomic E-state index is 0.207. The zero-order chi connectivity index (χ0) is 15.8. The topological polar surface area (TPSA) is 48.0 Å². The van der Waals surface area contributed by atoms with Crippen molar-refractivity contribution in [2.75, 3.05) is 40.0 Å². The highest BCUT2D eigenvalue weighted by molar-refractivity contribution is 5.71. The fourth-order valence-electron chi connectivity index (χ4n) is 2.59. The van der Waals surface area contributed by atoms with E-state index in [1.807, 2.05) is 31.2 Å². The Morgan fingerprint density at radius 2 is 1.95 bits per heavy atom. The van der Waals surface area contributed by atoms with Crippen molar-refractivity contribution in [1.29, 1.82) is 0 Å². The zero-order valence-corrected chi connectivity index (χ0v) is 13.4. The molecular formula is C17H25NO4. The fraction of sp³-hybridized carbons (Fsp3) is 0.588. The number of methoxy groups -OCH3 is 1. The van der Waals surface area contributed by atoms with Gasteiger partial charge >= 0.3 is 5.97 Å². The van der Waals surface area contributed by atoms with Crippen LogP contribution >= 0.6 is 0 Å². The van der Waals surface area contributed by atoms with E-state index in [4.69, 9.17) is 14.2 Å². The van der Waals surface area contributed by atoms with E-state index in [2.05, 4.69) is 4.90 Å². The Labute approximate surface area is 132 Å². The van der Waals surface area contributed by atoms with Crippen LogP contribution in [0, 0.1) is 6.92 Å². The first-order chi connectivity index (χ1) is 10.7. The molecule has 122 valence electrons. The summed E-state index contributed by atoms with van der Waals surface area (Å²) in [5, 5.41) is 0. The van der Waals surface area contributed by atoms with Gasteiger partial charge in [-0.05, 0) is 31.9 Å². The van der Waals surface area contributed by atoms with E-state index in [1.165, 1.54) is 12.7 Å². The van der Waals surface area contributed by atoms with Gasteiger partial charge in [-0.25, -0.2) is 0 Å². The number of aryl methyl sites for hydroxylation is 1. The molecular weight excluding hydrogens is 282 g/mol. The number of esters is 1. The van der Waals surface area contributed by atoms with Crippen LogP contribution in [0.15, 0.2) is 24.3 Å². The summed E-state index contributed by atoms with van der Waals surface area (Å²) in [5.41, 5.74) is 1.21. The molecule has 1 saturated heterocycles. The molecule has 0 atom stereocenters. The van der Waals surface area contributed by atoms with Crippen LogP contribution in [0.5, 0.6) is 5.75 Å². The van der Waals surface area contributed by atoms with Crippen molar-refractivity contribution in [3.63, 3.8) is 0 Å². The summed E-state index contributed by atoms with van der Waals surface area (Å²) >= 11 is 0. The molecule has 0 bridgehead atoms. The number of carbonyl (C=O) groups is 1. The van der Waals surface area contributed by atoms with E-state index in [9.17, 15) is 4.79 Å². The molecule has 0 spiro atoms. The molecule has 0 saturated carbocycles. The summed E-state index contributed by atoms with van der Waals surface area (Å²) in [6.45, 7) is 5.11. The Morgan fingerprint density at radius 1 is 1.27 bits per heavy atom. The number of rotatable bonds is 7. The normalized spacial score (nSPS) is 15.8. The lowest BCUT2D eigenvalue weighted by Gasteiger charge is -2.33. The summed E-state index contributed by atoms with van der Waals surface area (Å²) in [6, 6.07) is 8.34. The fourth-order valence-corrected chi connectivity index (χ4v) is 2.59. The van der Waals surface area contributed by atoms with Crippen LogP contribution in [0.3, 0.4) is 0 Å². The van der Waals surface area contributed by atoms with Crippen molar-refractivity contribution in [2.24, 2.45) is 0 Å². The van der Waals surface area contributed by atoms with E-state index in [1.54, 1.807) is 0 Å². The SMILES string of the molecule is COC(=O)CN(CCOc1ccc(C)cc1)C1CCOCC1. The first kappa shape index (κ1) is 16.8. The van der Waals surface area contributed by atoms with Crippen molar-refractivity contribution in [1.82, 2.24) is 4.90 Å². The van der Waals surface area contributed by atoms with E-state index in [0.717, 1.165) is 31.8 Å². The van der Waals surface area contributed by atoms with Crippen LogP contribution in [0.4, 0.5) is 0 Å². The third-order valence-electron chi connectivity index (χ3n) is 3.94. The Hall–Kier alpha value is -1.59. The molecule has 1 aliphatic rings. The standard InChI is InChI=1S/C17H25NO4/c1-14-3-5-16(6-4-14)22-12-9-18(13-17(19)20-2)15-7-10-21-11-8-15/h3-6,15H,7-13H2,1-2H3. The molecule has 2 rings (SSSR count). The molecule has 0 N–H and O–H groups in total. The molecule has 1 aromatic carbocycles. The monoisotopic (exact) mass is 307 g/mol. The molecule has 1 heterocycles. The molecule has 0 unspecified atom stereocenters. The second kappa shape index (κ2) is 8.76. The highest BCUT2D eigenvalue weighted by Gasteiger charge is 2.23. The number of carbonyl (C=O) groups excluding carboxylic acids is 1. The molecule has 22 heavy (non-hydrogen) atoms. The van der Waals surface area contributed by atoms with Crippen molar-refractivity contribution in [3.05, 3.63) is 29.8 Å². The third-order valence-corrected chi connectivity index (χ3v) is 3.94. The second-order valence-electron chi connectivity index (χ2n) is 5.55. The van der Waals surface area contributed by atoms with Crippen molar-refractivity contribution in [3.8, 4) is 5.75 Å². The lowest BCUT2D eigenvalue weighted by Crippen LogP contribution is -2.44. The average molecular weight is 307 g/mol. The quantitative estimate of drug-likeness (QED) is 0.721. The van der Waals surface area contributed by atoms with Crippen molar-refractivity contribution >= 4 is 5.97 Å². The van der Waals surface area contributed by atoms with Gasteiger partial charge in [-0.3, -0.25) is 9.69 Å². The number of hydrogen-bond acceptors (Lipinski definition) is 5. The van der Waals surface area contributed by atoms with Gasteiger partial charge in [-0.1, -0.05) is 17.7 Å². The predicted octanol–water partition coefficient (Wildman–Crippen LogP) is 2.03. The largest absolute Gasteiger partial charge is 0.492 e. The summed E-state index contributed by atoms with van der Waals surface area (Å²) < 4.78 is 16.0. The van der Waals surface area contributed by atoms with Gasteiger partial charge in [0.25, 0.3) is 0 Å². The van der Waals surface area contributed by atoms with Gasteiger partial charge in [-0.2, -0.15) is 0 Å². The molecule has 0 radical (unpaired) electrons. The zero-order valence-electron chi connectivity index (χ0n) is 13.4. The molecule has 1 aromatic rings. The highest BCUT2D eigenvalue weighted by atomic mass is 16.5. The summed E-state index contributed by atoms with van der Waals surface area (Å²) in [6.07, 6.45) is 1.89. The van der Waals surface area contributed by atoms with Gasteiger partial charge in [0, 0.05) is 25.8 Å². The second-order valence-corrected chi connectivity index (χ2v) is 5.55. The molecule has 1 aliphatic heterocycles. The molecule has 0 aromatic heterocycles. The first-order valence-electron chi connectivity index (χ1n) is 7.77. The summed E-state index contributed by atoms with van der Waals surface area (Å²) in [7, 11) is 1.42. The number of nitrogens with zero attached hydrogens (tertiary/aromatic N) is 1. The Morgan fingerprint density at radius 3 is 2.59 bits per heavy atom. The first-order valence-corrected chi connectivity index (χ1v) is 7.77. The molecule has 0 aliphatic carbocycles. The number of benzene rings is 1. The predicted molar refractivity (Wildman–Crippen MR) is 84.1 cm³/mol. The lowest BCUT2D eigenvalue weighted by atomic mass is 10.1. The minimum Gasteiger partial charge on any atom is -0.492 e. The summed E-state index contributed by atoms with van der Waals surface area (Å²) in [4.78, 5) is 13.7. The Balaban J connectivity index is 1.85. The van der Waals surface area contributed by atoms with Crippen molar-refractivity contribution < 1.29 is 19.0 Å². The Kier molecular flexibility index (Phi) is 6.68. The van der Waals surface area contributed by atoms with Crippen LogP contribution in [-0.2, 0) is 14.3 Å². The third kappa shape index (κ3) is 5.31. The Bertz CT molecular complexity index is 454. The smallest absolute Gasteiger partial charge is 0.319 e. The van der Waals surface area contributed by atoms with Crippen LogP contribution in [-0.4, -0.2) is 56.9 Å². The maximum Gasteiger partial charge on any atom is 0.319 e. The van der Waals surface area contributed by atoms with E-state index in [-0.39, 0.29) is 5.97 Å².